The molecule has 1 N–H and O–H groups in total. The van der Waals surface area contributed by atoms with Crippen LogP contribution < -0.4 is 9.47 Å². The summed E-state index contributed by atoms with van der Waals surface area (Å²) in [6.07, 6.45) is 4.31. The zero-order valence-corrected chi connectivity index (χ0v) is 17.3. The number of Topliss-reactive ketones (excluding diaryl/α,β-unsaturated/α-hetero) is 1. The number of hydrogen-bond acceptors (Lipinski definition) is 6. The average molecular weight is 402 g/mol. The topological polar surface area (TPSA) is 68.2 Å². The molecule has 4 unspecified atom stereocenters. The summed E-state index contributed by atoms with van der Waals surface area (Å²) in [6, 6.07) is 7.24. The number of piperidine rings is 1. The van der Waals surface area contributed by atoms with E-state index in [0.717, 1.165) is 25.6 Å². The second-order valence-electron chi connectivity index (χ2n) is 8.60. The Morgan fingerprint density at radius 3 is 2.59 bits per heavy atom. The molecule has 1 aromatic carbocycles. The number of aliphatic hydroxyl groups is 1. The highest BCUT2D eigenvalue weighted by Gasteiger charge is 2.47. The smallest absolute Gasteiger partial charge is 0.208 e. The van der Waals surface area contributed by atoms with E-state index in [2.05, 4.69) is 11.8 Å². The first-order valence-electron chi connectivity index (χ1n) is 10.7. The molecule has 1 saturated heterocycles. The van der Waals surface area contributed by atoms with Crippen LogP contribution in [0.3, 0.4) is 0 Å². The van der Waals surface area contributed by atoms with Crippen LogP contribution >= 0.6 is 0 Å². The van der Waals surface area contributed by atoms with Gasteiger partial charge >= 0.3 is 0 Å². The summed E-state index contributed by atoms with van der Waals surface area (Å²) in [6.45, 7) is 5.17. The first-order valence-corrected chi connectivity index (χ1v) is 10.7. The van der Waals surface area contributed by atoms with Gasteiger partial charge in [-0.3, -0.25) is 4.79 Å². The lowest BCUT2D eigenvalue weighted by Gasteiger charge is -2.44. The highest BCUT2D eigenvalue weighted by atomic mass is 16.5. The van der Waals surface area contributed by atoms with Crippen LogP contribution in [0, 0.1) is 17.8 Å². The minimum absolute atomic E-state index is 0.0451. The van der Waals surface area contributed by atoms with Crippen molar-refractivity contribution in [1.29, 1.82) is 0 Å². The molecule has 0 bridgehead atoms. The van der Waals surface area contributed by atoms with Crippen molar-refractivity contribution in [3.05, 3.63) is 36.3 Å². The number of aliphatic hydroxyl groups excluding tert-OH is 1. The third-order valence-corrected chi connectivity index (χ3v) is 6.63. The number of carbonyl (C=O) groups is 1. The van der Waals surface area contributed by atoms with Crippen molar-refractivity contribution in [1.82, 2.24) is 4.90 Å². The molecule has 0 amide bonds. The fraction of sp³-hybridized carbons (Fsp3) is 0.609. The van der Waals surface area contributed by atoms with Crippen molar-refractivity contribution >= 4 is 5.78 Å². The van der Waals surface area contributed by atoms with Crippen LogP contribution in [0.25, 0.3) is 0 Å². The van der Waals surface area contributed by atoms with E-state index < -0.39 is 6.10 Å². The first-order chi connectivity index (χ1) is 14.1. The normalized spacial score (nSPS) is 30.9. The van der Waals surface area contributed by atoms with Gasteiger partial charge in [0.15, 0.2) is 11.5 Å². The predicted molar refractivity (Wildman–Crippen MR) is 109 cm³/mol. The van der Waals surface area contributed by atoms with Gasteiger partial charge in [-0.2, -0.15) is 0 Å². The molecule has 0 spiro atoms. The Balaban J connectivity index is 1.48. The minimum atomic E-state index is -0.437. The van der Waals surface area contributed by atoms with Crippen molar-refractivity contribution in [2.24, 2.45) is 17.8 Å². The fourth-order valence-corrected chi connectivity index (χ4v) is 4.77. The number of nitrogens with zero attached hydrogens (tertiary/aromatic N) is 1. The molecular formula is C23H31NO5. The molecule has 2 heterocycles. The third kappa shape index (κ3) is 4.28. The molecular weight excluding hydrogens is 370 g/mol. The molecule has 1 saturated carbocycles. The molecule has 29 heavy (non-hydrogen) atoms. The van der Waals surface area contributed by atoms with Crippen LogP contribution in [-0.2, 0) is 9.53 Å². The fourth-order valence-electron chi connectivity index (χ4n) is 4.77. The molecule has 2 aliphatic heterocycles. The van der Waals surface area contributed by atoms with E-state index >= 15 is 0 Å². The van der Waals surface area contributed by atoms with Crippen LogP contribution in [0.1, 0.15) is 32.6 Å². The van der Waals surface area contributed by atoms with Crippen molar-refractivity contribution < 1.29 is 24.1 Å². The zero-order chi connectivity index (χ0) is 20.4. The molecule has 1 aliphatic carbocycles. The standard InChI is InChI=1S/C23H31NO5/c1-15-9-11-24(12-10-15)13-17-18(25)8-7-16-22(26)21(14-28-23(16)17)29-20-6-4-3-5-19(20)27-2/h3-6,14-18,23,25H,7-13H2,1-2H3. The number of para-hydroxylation sites is 2. The van der Waals surface area contributed by atoms with E-state index in [1.54, 1.807) is 19.2 Å². The quantitative estimate of drug-likeness (QED) is 0.818. The number of allylic oxidation sites excluding steroid dienone is 1. The number of methoxy groups -OCH3 is 1. The number of carbonyl (C=O) groups excluding carboxylic acids is 1. The number of benzene rings is 1. The van der Waals surface area contributed by atoms with Gasteiger partial charge in [0.2, 0.25) is 11.5 Å². The summed E-state index contributed by atoms with van der Waals surface area (Å²) in [4.78, 5) is 15.6. The van der Waals surface area contributed by atoms with E-state index in [0.29, 0.717) is 24.3 Å². The Bertz CT molecular complexity index is 755. The molecule has 3 aliphatic rings. The third-order valence-electron chi connectivity index (χ3n) is 6.63. The maximum atomic E-state index is 13.1. The molecule has 0 aromatic heterocycles. The van der Waals surface area contributed by atoms with Crippen LogP contribution in [0.4, 0.5) is 0 Å². The molecule has 6 nitrogen and oxygen atoms in total. The largest absolute Gasteiger partial charge is 0.493 e. The second kappa shape index (κ2) is 8.76. The van der Waals surface area contributed by atoms with E-state index in [-0.39, 0.29) is 29.5 Å². The summed E-state index contributed by atoms with van der Waals surface area (Å²) in [5, 5.41) is 10.7. The van der Waals surface area contributed by atoms with Crippen molar-refractivity contribution in [2.45, 2.75) is 44.8 Å². The lowest BCUT2D eigenvalue weighted by molar-refractivity contribution is -0.140. The summed E-state index contributed by atoms with van der Waals surface area (Å²) in [5.74, 6) is 1.65. The maximum absolute atomic E-state index is 13.1. The summed E-state index contributed by atoms with van der Waals surface area (Å²) in [5.41, 5.74) is 0. The molecule has 158 valence electrons. The van der Waals surface area contributed by atoms with Gasteiger partial charge in [-0.05, 0) is 56.8 Å². The molecule has 4 atom stereocenters. The Kier molecular flexibility index (Phi) is 6.11. The number of ketones is 1. The van der Waals surface area contributed by atoms with E-state index in [1.165, 1.54) is 19.1 Å². The monoisotopic (exact) mass is 401 g/mol. The summed E-state index contributed by atoms with van der Waals surface area (Å²) < 4.78 is 17.2. The van der Waals surface area contributed by atoms with E-state index in [4.69, 9.17) is 14.2 Å². The van der Waals surface area contributed by atoms with E-state index in [1.807, 2.05) is 12.1 Å². The average Bonchev–Trinajstić information content (AvgIpc) is 2.74. The van der Waals surface area contributed by atoms with Crippen molar-refractivity contribution in [2.75, 3.05) is 26.7 Å². The SMILES string of the molecule is COc1ccccc1OC1=COC2C(CCC(O)C2CN2CCC(C)CC2)C1=O. The second-order valence-corrected chi connectivity index (χ2v) is 8.60. The van der Waals surface area contributed by atoms with Crippen LogP contribution in [0.15, 0.2) is 36.3 Å². The van der Waals surface area contributed by atoms with Crippen molar-refractivity contribution in [3.63, 3.8) is 0 Å². The van der Waals surface area contributed by atoms with Crippen molar-refractivity contribution in [3.8, 4) is 11.5 Å². The van der Waals surface area contributed by atoms with Gasteiger partial charge in [-0.25, -0.2) is 0 Å². The van der Waals surface area contributed by atoms with Gasteiger partial charge < -0.3 is 24.2 Å². The molecule has 4 rings (SSSR count). The maximum Gasteiger partial charge on any atom is 0.208 e. The molecule has 6 heteroatoms. The van der Waals surface area contributed by atoms with Gasteiger partial charge in [0.05, 0.1) is 19.1 Å². The number of ether oxygens (including phenoxy) is 3. The molecule has 2 fully saturated rings. The number of fused-ring (bicyclic) bond motifs is 1. The van der Waals surface area contributed by atoms with Gasteiger partial charge in [0.1, 0.15) is 12.4 Å². The zero-order valence-electron chi connectivity index (χ0n) is 17.3. The van der Waals surface area contributed by atoms with Gasteiger partial charge in [-0.15, -0.1) is 0 Å². The molecule has 0 radical (unpaired) electrons. The predicted octanol–water partition coefficient (Wildman–Crippen LogP) is 3.00. The molecule has 1 aromatic rings. The lowest BCUT2D eigenvalue weighted by Crippen LogP contribution is -2.53. The van der Waals surface area contributed by atoms with Gasteiger partial charge in [0.25, 0.3) is 0 Å². The van der Waals surface area contributed by atoms with Crippen LogP contribution in [-0.4, -0.2) is 54.7 Å². The minimum Gasteiger partial charge on any atom is -0.493 e. The number of hydrogen-bond donors (Lipinski definition) is 1. The number of rotatable bonds is 5. The van der Waals surface area contributed by atoms with Crippen LogP contribution in [0.5, 0.6) is 11.5 Å². The van der Waals surface area contributed by atoms with Gasteiger partial charge in [-0.1, -0.05) is 19.1 Å². The van der Waals surface area contributed by atoms with Crippen LogP contribution in [0.2, 0.25) is 0 Å². The Hall–Kier alpha value is -2.05. The highest BCUT2D eigenvalue weighted by molar-refractivity contribution is 5.96. The Morgan fingerprint density at radius 1 is 1.14 bits per heavy atom. The summed E-state index contributed by atoms with van der Waals surface area (Å²) >= 11 is 0. The summed E-state index contributed by atoms with van der Waals surface area (Å²) in [7, 11) is 1.57. The lowest BCUT2D eigenvalue weighted by atomic mass is 9.73. The Labute approximate surface area is 172 Å². The van der Waals surface area contributed by atoms with Gasteiger partial charge in [0, 0.05) is 12.5 Å². The number of likely N-dealkylation sites (tertiary alicyclic amines) is 1. The Morgan fingerprint density at radius 2 is 1.86 bits per heavy atom. The highest BCUT2D eigenvalue weighted by Crippen LogP contribution is 2.39. The van der Waals surface area contributed by atoms with E-state index in [9.17, 15) is 9.90 Å². The first kappa shape index (κ1) is 20.2.